The van der Waals surface area contributed by atoms with Crippen LogP contribution in [0.3, 0.4) is 0 Å². The average Bonchev–Trinajstić information content (AvgIpc) is 2.01. The molecule has 0 atom stereocenters. The van der Waals surface area contributed by atoms with Crippen LogP contribution in [0.25, 0.3) is 0 Å². The van der Waals surface area contributed by atoms with Crippen LogP contribution in [0.1, 0.15) is 25.7 Å². The summed E-state index contributed by atoms with van der Waals surface area (Å²) >= 11 is 7.34. The highest BCUT2D eigenvalue weighted by atomic mass is 32.1. The molecular weight excluding hydrogens is 192 g/mol. The molecule has 0 aromatic rings. The molecule has 0 aromatic carbocycles. The van der Waals surface area contributed by atoms with Crippen LogP contribution in [0.5, 0.6) is 0 Å². The summed E-state index contributed by atoms with van der Waals surface area (Å²) in [7, 11) is 0. The molecule has 0 heterocycles. The Bertz CT molecular complexity index is 47.0. The molecule has 12 heavy (non-hydrogen) atoms. The quantitative estimate of drug-likeness (QED) is 0.522. The second-order valence-electron chi connectivity index (χ2n) is 2.31. The van der Waals surface area contributed by atoms with E-state index < -0.39 is 0 Å². The Hall–Kier alpha value is 0.620. The molecule has 0 saturated heterocycles. The summed E-state index contributed by atoms with van der Waals surface area (Å²) in [6, 6.07) is 0. The summed E-state index contributed by atoms with van der Waals surface area (Å²) in [4.78, 5) is 0. The number of thiol groups is 2. The van der Waals surface area contributed by atoms with E-state index in [0.717, 1.165) is 0 Å². The maximum Gasteiger partial charge on any atom is 0.0519 e. The van der Waals surface area contributed by atoms with Crippen molar-refractivity contribution in [3.05, 3.63) is 0 Å². The van der Waals surface area contributed by atoms with E-state index in [1.807, 2.05) is 0 Å². The zero-order valence-electron chi connectivity index (χ0n) is 7.45. The van der Waals surface area contributed by atoms with Crippen molar-refractivity contribution in [3.8, 4) is 0 Å². The lowest BCUT2D eigenvalue weighted by Gasteiger charge is -2.05. The smallest absolute Gasteiger partial charge is 0.0519 e. The van der Waals surface area contributed by atoms with Gasteiger partial charge in [-0.25, -0.2) is 0 Å². The van der Waals surface area contributed by atoms with Gasteiger partial charge in [0, 0.05) is 11.5 Å². The van der Waals surface area contributed by atoms with Gasteiger partial charge in [-0.15, -0.1) is 0 Å². The Balaban J connectivity index is 0. The third-order valence-corrected chi connectivity index (χ3v) is 1.60. The predicted molar refractivity (Wildman–Crippen MR) is 60.3 cm³/mol. The van der Waals surface area contributed by atoms with Crippen LogP contribution in [0, 0.1) is 0 Å². The normalized spacial score (nSPS) is 13.0. The second-order valence-corrected chi connectivity index (χ2v) is 3.20. The first kappa shape index (κ1) is 15.1. The number of hydrogen-bond acceptors (Lipinski definition) is 4. The third kappa shape index (κ3) is 22.4. The van der Waals surface area contributed by atoms with Crippen LogP contribution in [0.2, 0.25) is 0 Å². The zero-order valence-corrected chi connectivity index (χ0v) is 9.23. The highest BCUT2D eigenvalue weighted by Gasteiger charge is 1.95. The summed E-state index contributed by atoms with van der Waals surface area (Å²) < 4.78 is 0. The van der Waals surface area contributed by atoms with Gasteiger partial charge < -0.3 is 10.2 Å². The SMILES string of the molecule is C1CCC1.OCCS.OCCS. The van der Waals surface area contributed by atoms with Gasteiger partial charge in [-0.2, -0.15) is 25.3 Å². The molecule has 0 spiro atoms. The van der Waals surface area contributed by atoms with Crippen LogP contribution < -0.4 is 0 Å². The Morgan fingerprint density at radius 2 is 0.917 bits per heavy atom. The van der Waals surface area contributed by atoms with Gasteiger partial charge in [0.25, 0.3) is 0 Å². The highest BCUT2D eigenvalue weighted by molar-refractivity contribution is 7.80. The Kier molecular flexibility index (Phi) is 22.2. The second kappa shape index (κ2) is 17.6. The number of aliphatic hydroxyl groups is 2. The maximum atomic E-state index is 7.80. The van der Waals surface area contributed by atoms with Gasteiger partial charge >= 0.3 is 0 Å². The van der Waals surface area contributed by atoms with Crippen molar-refractivity contribution in [2.75, 3.05) is 24.7 Å². The van der Waals surface area contributed by atoms with E-state index in [2.05, 4.69) is 25.3 Å². The molecule has 1 fully saturated rings. The van der Waals surface area contributed by atoms with E-state index in [1.54, 1.807) is 0 Å². The molecule has 2 N–H and O–H groups in total. The minimum Gasteiger partial charge on any atom is -0.396 e. The first-order chi connectivity index (χ1) is 5.83. The van der Waals surface area contributed by atoms with Gasteiger partial charge in [0.05, 0.1) is 13.2 Å². The molecule has 76 valence electrons. The van der Waals surface area contributed by atoms with Crippen molar-refractivity contribution >= 4 is 25.3 Å². The average molecular weight is 212 g/mol. The van der Waals surface area contributed by atoms with Crippen LogP contribution in [-0.2, 0) is 0 Å². The molecule has 1 rings (SSSR count). The molecule has 2 nitrogen and oxygen atoms in total. The maximum absolute atomic E-state index is 7.80. The lowest BCUT2D eigenvalue weighted by Crippen LogP contribution is -1.85. The fraction of sp³-hybridized carbons (Fsp3) is 1.00. The van der Waals surface area contributed by atoms with Crippen LogP contribution in [0.4, 0.5) is 0 Å². The molecule has 0 radical (unpaired) electrons. The molecule has 0 unspecified atom stereocenters. The van der Waals surface area contributed by atoms with Crippen molar-refractivity contribution in [1.82, 2.24) is 0 Å². The standard InChI is InChI=1S/C4H8.2C2H6OS/c1-2-4-3-1;2*3-1-2-4/h1-4H2;2*3-4H,1-2H2. The van der Waals surface area contributed by atoms with E-state index >= 15 is 0 Å². The van der Waals surface area contributed by atoms with E-state index in [-0.39, 0.29) is 13.2 Å². The number of rotatable bonds is 2. The Morgan fingerprint density at radius 1 is 0.750 bits per heavy atom. The molecule has 0 aromatic heterocycles. The first-order valence-corrected chi connectivity index (χ1v) is 5.53. The largest absolute Gasteiger partial charge is 0.396 e. The molecule has 1 aliphatic carbocycles. The minimum absolute atomic E-state index is 0.184. The summed E-state index contributed by atoms with van der Waals surface area (Å²) in [6.45, 7) is 0.367. The van der Waals surface area contributed by atoms with E-state index in [9.17, 15) is 0 Å². The van der Waals surface area contributed by atoms with Crippen LogP contribution >= 0.6 is 25.3 Å². The Morgan fingerprint density at radius 3 is 0.917 bits per heavy atom. The fourth-order valence-electron chi connectivity index (χ4n) is 0.250. The molecule has 0 bridgehead atoms. The van der Waals surface area contributed by atoms with Crippen molar-refractivity contribution in [2.24, 2.45) is 0 Å². The van der Waals surface area contributed by atoms with Gasteiger partial charge in [0.1, 0.15) is 0 Å². The number of aliphatic hydroxyl groups excluding tert-OH is 2. The van der Waals surface area contributed by atoms with Crippen molar-refractivity contribution in [2.45, 2.75) is 25.7 Å². The third-order valence-electron chi connectivity index (χ3n) is 1.20. The predicted octanol–water partition coefficient (Wildman–Crippen LogP) is 1.38. The molecule has 0 aliphatic heterocycles. The highest BCUT2D eigenvalue weighted by Crippen LogP contribution is 2.15. The van der Waals surface area contributed by atoms with Crippen LogP contribution in [0.15, 0.2) is 0 Å². The molecular formula is C8H20O2S2. The zero-order chi connectivity index (χ0) is 9.66. The summed E-state index contributed by atoms with van der Waals surface area (Å²) in [5.74, 6) is 1.14. The topological polar surface area (TPSA) is 40.5 Å². The number of hydrogen-bond donors (Lipinski definition) is 4. The Labute approximate surface area is 86.2 Å². The molecule has 0 amide bonds. The summed E-state index contributed by atoms with van der Waals surface area (Å²) in [6.07, 6.45) is 6.00. The van der Waals surface area contributed by atoms with Gasteiger partial charge in [0.2, 0.25) is 0 Å². The van der Waals surface area contributed by atoms with Gasteiger partial charge in [-0.3, -0.25) is 0 Å². The van der Waals surface area contributed by atoms with E-state index in [0.29, 0.717) is 11.5 Å². The fourth-order valence-corrected chi connectivity index (χ4v) is 0.250. The van der Waals surface area contributed by atoms with E-state index in [1.165, 1.54) is 25.7 Å². The van der Waals surface area contributed by atoms with Crippen molar-refractivity contribution in [1.29, 1.82) is 0 Å². The summed E-state index contributed by atoms with van der Waals surface area (Å²) in [5.41, 5.74) is 0. The van der Waals surface area contributed by atoms with Crippen LogP contribution in [-0.4, -0.2) is 34.9 Å². The van der Waals surface area contributed by atoms with Gasteiger partial charge in [-0.05, 0) is 0 Å². The lowest BCUT2D eigenvalue weighted by molar-refractivity contribution is 0.322. The molecule has 1 aliphatic rings. The minimum atomic E-state index is 0.184. The summed E-state index contributed by atoms with van der Waals surface area (Å²) in [5, 5.41) is 15.6. The van der Waals surface area contributed by atoms with Crippen molar-refractivity contribution in [3.63, 3.8) is 0 Å². The molecule has 1 saturated carbocycles. The first-order valence-electron chi connectivity index (χ1n) is 4.26. The lowest BCUT2D eigenvalue weighted by atomic mass is 10.0. The van der Waals surface area contributed by atoms with E-state index in [4.69, 9.17) is 10.2 Å². The molecule has 4 heteroatoms. The van der Waals surface area contributed by atoms with Crippen molar-refractivity contribution < 1.29 is 10.2 Å². The van der Waals surface area contributed by atoms with Gasteiger partial charge in [0.15, 0.2) is 0 Å². The monoisotopic (exact) mass is 212 g/mol. The van der Waals surface area contributed by atoms with Gasteiger partial charge in [-0.1, -0.05) is 25.7 Å².